The number of carbonyl (C=O) groups is 1. The predicted octanol–water partition coefficient (Wildman–Crippen LogP) is 0.317. The van der Waals surface area contributed by atoms with E-state index in [2.05, 4.69) is 10.3 Å². The molecular weight excluding hydrogens is 344 g/mol. The van der Waals surface area contributed by atoms with Crippen LogP contribution in [0.4, 0.5) is 0 Å². The molecule has 0 bridgehead atoms. The number of para-hydroxylation sites is 2. The number of nitrogens with zero attached hydrogens (tertiary/aromatic N) is 3. The van der Waals surface area contributed by atoms with Crippen molar-refractivity contribution >= 4 is 23.0 Å². The highest BCUT2D eigenvalue weighted by Gasteiger charge is 2.17. The Bertz CT molecular complexity index is 1200. The molecule has 0 radical (unpaired) electrons. The summed E-state index contributed by atoms with van der Waals surface area (Å²) >= 11 is 0. The van der Waals surface area contributed by atoms with Crippen molar-refractivity contribution in [1.29, 1.82) is 0 Å². The first-order chi connectivity index (χ1) is 13.2. The number of methoxy groups -OCH3 is 1. The minimum atomic E-state index is -0.287. The molecule has 0 fully saturated rings. The van der Waals surface area contributed by atoms with E-state index in [4.69, 9.17) is 4.74 Å². The third-order valence-corrected chi connectivity index (χ3v) is 4.58. The molecule has 0 aliphatic carbocycles. The van der Waals surface area contributed by atoms with E-state index < -0.39 is 0 Å². The standard InChI is InChI=1S/C20H18N4O3/c1-27-14-8-9-15(22-13-14)19(25)21-10-12-24-17-6-3-2-5-16(17)23-11-4-7-18(23)20(24)26/h2-3,5-9,11,13H,4,10,12H2,1H3/p+1. The molecule has 2 aromatic heterocycles. The molecule has 1 amide bonds. The lowest BCUT2D eigenvalue weighted by Gasteiger charge is -2.09. The first-order valence-corrected chi connectivity index (χ1v) is 8.71. The van der Waals surface area contributed by atoms with Gasteiger partial charge in [-0.2, -0.15) is 4.24 Å². The van der Waals surface area contributed by atoms with Crippen molar-refractivity contribution in [3.63, 3.8) is 0 Å². The van der Waals surface area contributed by atoms with E-state index >= 15 is 0 Å². The van der Waals surface area contributed by atoms with Gasteiger partial charge >= 0.3 is 5.56 Å². The monoisotopic (exact) mass is 363 g/mol. The van der Waals surface area contributed by atoms with Gasteiger partial charge in [-0.3, -0.25) is 14.2 Å². The molecule has 7 heteroatoms. The summed E-state index contributed by atoms with van der Waals surface area (Å²) < 4.78 is 8.68. The third kappa shape index (κ3) is 3.08. The molecule has 4 rings (SSSR count). The number of pyridine rings is 1. The maximum absolute atomic E-state index is 12.8. The average molecular weight is 363 g/mol. The van der Waals surface area contributed by atoms with Crippen molar-refractivity contribution in [1.82, 2.24) is 14.9 Å². The van der Waals surface area contributed by atoms with Crippen LogP contribution in [0.5, 0.6) is 5.75 Å². The third-order valence-electron chi connectivity index (χ3n) is 4.58. The Labute approximate surface area is 154 Å². The molecule has 1 aliphatic rings. The summed E-state index contributed by atoms with van der Waals surface area (Å²) in [5, 5.41) is 3.48. The first-order valence-electron chi connectivity index (χ1n) is 8.71. The van der Waals surface area contributed by atoms with Crippen LogP contribution in [0.3, 0.4) is 0 Å². The van der Waals surface area contributed by atoms with Gasteiger partial charge in [-0.15, -0.1) is 0 Å². The van der Waals surface area contributed by atoms with Crippen molar-refractivity contribution in [3.05, 3.63) is 70.2 Å². The van der Waals surface area contributed by atoms with E-state index in [0.29, 0.717) is 29.9 Å². The van der Waals surface area contributed by atoms with Crippen LogP contribution < -0.4 is 25.2 Å². The Morgan fingerprint density at radius 3 is 2.93 bits per heavy atom. The smallest absolute Gasteiger partial charge is 0.323 e. The van der Waals surface area contributed by atoms with Crippen LogP contribution in [-0.4, -0.2) is 29.1 Å². The number of amides is 1. The zero-order valence-corrected chi connectivity index (χ0v) is 14.9. The Balaban J connectivity index is 1.57. The quantitative estimate of drug-likeness (QED) is 0.662. The van der Waals surface area contributed by atoms with Crippen LogP contribution in [0.25, 0.3) is 17.1 Å². The minimum Gasteiger partial charge on any atom is -0.495 e. The molecule has 0 saturated heterocycles. The van der Waals surface area contributed by atoms with Gasteiger partial charge in [0.25, 0.3) is 11.3 Å². The number of hydrogen-bond acceptors (Lipinski definition) is 4. The molecule has 27 heavy (non-hydrogen) atoms. The summed E-state index contributed by atoms with van der Waals surface area (Å²) in [6, 6.07) is 11.1. The van der Waals surface area contributed by atoms with Gasteiger partial charge in [-0.25, -0.2) is 4.98 Å². The van der Waals surface area contributed by atoms with E-state index in [-0.39, 0.29) is 11.5 Å². The highest BCUT2D eigenvalue weighted by Crippen LogP contribution is 2.08. The summed E-state index contributed by atoms with van der Waals surface area (Å²) in [4.78, 5) is 29.2. The molecule has 3 heterocycles. The normalized spacial score (nSPS) is 12.2. The molecule has 1 aromatic carbocycles. The highest BCUT2D eigenvalue weighted by molar-refractivity contribution is 5.92. The van der Waals surface area contributed by atoms with Crippen LogP contribution in [0.2, 0.25) is 0 Å². The molecule has 0 saturated carbocycles. The Hall–Kier alpha value is -3.48. The SMILES string of the molecule is COc1ccc(C(=O)NCCn2c(=O)c3[n+](c4ccccc42)=CCC=3)nc1. The van der Waals surface area contributed by atoms with Crippen molar-refractivity contribution in [2.75, 3.05) is 13.7 Å². The molecule has 0 atom stereocenters. The van der Waals surface area contributed by atoms with Crippen LogP contribution >= 0.6 is 0 Å². The van der Waals surface area contributed by atoms with Gasteiger partial charge in [0.15, 0.2) is 6.21 Å². The highest BCUT2D eigenvalue weighted by atomic mass is 16.5. The number of benzene rings is 1. The fourth-order valence-electron chi connectivity index (χ4n) is 3.26. The Kier molecular flexibility index (Phi) is 4.42. The maximum atomic E-state index is 12.8. The van der Waals surface area contributed by atoms with Gasteiger partial charge in [0.05, 0.1) is 19.7 Å². The van der Waals surface area contributed by atoms with E-state index in [1.165, 1.54) is 6.20 Å². The number of carbonyl (C=O) groups excluding carboxylic acids is 1. The number of ether oxygens (including phenoxy) is 1. The zero-order chi connectivity index (χ0) is 18.8. The zero-order valence-electron chi connectivity index (χ0n) is 14.9. The van der Waals surface area contributed by atoms with Crippen LogP contribution in [0.15, 0.2) is 47.4 Å². The summed E-state index contributed by atoms with van der Waals surface area (Å²) in [5.74, 6) is 0.304. The van der Waals surface area contributed by atoms with Gasteiger partial charge in [0, 0.05) is 25.2 Å². The van der Waals surface area contributed by atoms with E-state index in [0.717, 1.165) is 17.5 Å². The fourth-order valence-corrected chi connectivity index (χ4v) is 3.26. The predicted molar refractivity (Wildman–Crippen MR) is 99.9 cm³/mol. The van der Waals surface area contributed by atoms with Crippen LogP contribution in [0, 0.1) is 6.21 Å². The molecule has 7 nitrogen and oxygen atoms in total. The Morgan fingerprint density at radius 1 is 1.30 bits per heavy atom. The largest absolute Gasteiger partial charge is 0.495 e. The molecular formula is C20H19N4O3+. The lowest BCUT2D eigenvalue weighted by atomic mass is 10.3. The number of rotatable bonds is 5. The van der Waals surface area contributed by atoms with Gasteiger partial charge in [0.1, 0.15) is 17.0 Å². The summed E-state index contributed by atoms with van der Waals surface area (Å²) in [5.41, 5.74) is 2.07. The molecule has 3 aromatic rings. The summed E-state index contributed by atoms with van der Waals surface area (Å²) in [6.45, 7) is 0.701. The molecule has 0 spiro atoms. The maximum Gasteiger partial charge on any atom is 0.323 e. The second-order valence-corrected chi connectivity index (χ2v) is 6.16. The van der Waals surface area contributed by atoms with Gasteiger partial charge in [-0.1, -0.05) is 12.1 Å². The second-order valence-electron chi connectivity index (χ2n) is 6.16. The summed E-state index contributed by atoms with van der Waals surface area (Å²) in [6.07, 6.45) is 6.16. The number of fused-ring (bicyclic) bond motifs is 3. The second kappa shape index (κ2) is 7.03. The fraction of sp³-hybridized carbons (Fsp3) is 0.200. The summed E-state index contributed by atoms with van der Waals surface area (Å²) in [7, 11) is 1.54. The van der Waals surface area contributed by atoms with Crippen molar-refractivity contribution < 1.29 is 13.8 Å². The lowest BCUT2D eigenvalue weighted by molar-refractivity contribution is -0.493. The van der Waals surface area contributed by atoms with Crippen LogP contribution in [0.1, 0.15) is 16.9 Å². The van der Waals surface area contributed by atoms with E-state index in [1.807, 2.05) is 40.8 Å². The van der Waals surface area contributed by atoms with E-state index in [1.54, 1.807) is 23.8 Å². The average Bonchev–Trinajstić information content (AvgIpc) is 3.21. The first kappa shape index (κ1) is 17.0. The molecule has 136 valence electrons. The topological polar surface area (TPSA) is 79.1 Å². The number of nitrogens with one attached hydrogen (secondary N) is 1. The van der Waals surface area contributed by atoms with Crippen molar-refractivity contribution in [2.45, 2.75) is 13.0 Å². The van der Waals surface area contributed by atoms with E-state index in [9.17, 15) is 9.59 Å². The molecule has 1 aliphatic heterocycles. The van der Waals surface area contributed by atoms with Crippen molar-refractivity contribution in [3.8, 4) is 5.75 Å². The molecule has 1 N–H and O–H groups in total. The van der Waals surface area contributed by atoms with Crippen molar-refractivity contribution in [2.24, 2.45) is 0 Å². The lowest BCUT2D eigenvalue weighted by Crippen LogP contribution is -2.51. The van der Waals surface area contributed by atoms with Crippen LogP contribution in [-0.2, 0) is 6.54 Å². The molecule has 0 unspecified atom stereocenters. The Morgan fingerprint density at radius 2 is 2.15 bits per heavy atom. The number of aromatic nitrogens is 3. The van der Waals surface area contributed by atoms with Gasteiger partial charge in [-0.05, 0) is 18.2 Å². The van der Waals surface area contributed by atoms with Gasteiger partial charge in [0.2, 0.25) is 5.52 Å². The van der Waals surface area contributed by atoms with Gasteiger partial charge < -0.3 is 10.1 Å². The number of hydrogen-bond donors (Lipinski definition) is 1. The minimum absolute atomic E-state index is 0.0562.